The van der Waals surface area contributed by atoms with Crippen LogP contribution in [0, 0.1) is 6.92 Å². The highest BCUT2D eigenvalue weighted by Crippen LogP contribution is 2.24. The minimum absolute atomic E-state index is 0.00385. The van der Waals surface area contributed by atoms with Gasteiger partial charge in [0.1, 0.15) is 0 Å². The van der Waals surface area contributed by atoms with Crippen LogP contribution in [0.3, 0.4) is 0 Å². The first-order valence-corrected chi connectivity index (χ1v) is 7.49. The van der Waals surface area contributed by atoms with Gasteiger partial charge in [0, 0.05) is 6.54 Å². The van der Waals surface area contributed by atoms with Crippen molar-refractivity contribution in [3.8, 4) is 0 Å². The van der Waals surface area contributed by atoms with Crippen molar-refractivity contribution < 1.29 is 4.79 Å². The lowest BCUT2D eigenvalue weighted by molar-refractivity contribution is -0.122. The molecule has 0 saturated carbocycles. The minimum Gasteiger partial charge on any atom is -0.351 e. The maximum Gasteiger partial charge on any atom is 0.237 e. The van der Waals surface area contributed by atoms with E-state index in [4.69, 9.17) is 0 Å². The van der Waals surface area contributed by atoms with Gasteiger partial charge in [-0.2, -0.15) is 0 Å². The molecule has 0 radical (unpaired) electrons. The van der Waals surface area contributed by atoms with Crippen LogP contribution in [0.5, 0.6) is 0 Å². The van der Waals surface area contributed by atoms with Gasteiger partial charge in [-0.3, -0.25) is 4.79 Å². The molecule has 2 rings (SSSR count). The third kappa shape index (κ3) is 3.60. The molecule has 1 amide bonds. The van der Waals surface area contributed by atoms with Crippen molar-refractivity contribution in [1.29, 1.82) is 0 Å². The molecule has 1 saturated heterocycles. The predicted molar refractivity (Wildman–Crippen MR) is 82.8 cm³/mol. The summed E-state index contributed by atoms with van der Waals surface area (Å²) in [6.07, 6.45) is 2.05. The van der Waals surface area contributed by atoms with E-state index in [1.165, 1.54) is 16.7 Å². The lowest BCUT2D eigenvalue weighted by atomic mass is 9.85. The molecule has 0 bridgehead atoms. The molecule has 0 aliphatic carbocycles. The molecular formula is C17H26N2O. The van der Waals surface area contributed by atoms with Gasteiger partial charge in [0.2, 0.25) is 5.91 Å². The smallest absolute Gasteiger partial charge is 0.237 e. The zero-order valence-corrected chi connectivity index (χ0v) is 13.0. The van der Waals surface area contributed by atoms with Crippen molar-refractivity contribution in [1.82, 2.24) is 10.6 Å². The van der Waals surface area contributed by atoms with Crippen LogP contribution in [0.4, 0.5) is 0 Å². The highest BCUT2D eigenvalue weighted by Gasteiger charge is 2.21. The SMILES string of the molecule is Cc1cc(C(C)(C)C)ccc1CNC(=O)C1CCCN1. The maximum atomic E-state index is 12.0. The molecule has 110 valence electrons. The van der Waals surface area contributed by atoms with Gasteiger partial charge in [-0.1, -0.05) is 39.0 Å². The Morgan fingerprint density at radius 2 is 2.15 bits per heavy atom. The summed E-state index contributed by atoms with van der Waals surface area (Å²) in [5.74, 6) is 0.127. The number of hydrogen-bond donors (Lipinski definition) is 2. The minimum atomic E-state index is 0.00385. The Labute approximate surface area is 122 Å². The van der Waals surface area contributed by atoms with Crippen LogP contribution < -0.4 is 10.6 Å². The monoisotopic (exact) mass is 274 g/mol. The summed E-state index contributed by atoms with van der Waals surface area (Å²) < 4.78 is 0. The molecule has 1 fully saturated rings. The molecule has 20 heavy (non-hydrogen) atoms. The summed E-state index contributed by atoms with van der Waals surface area (Å²) in [4.78, 5) is 12.0. The van der Waals surface area contributed by atoms with E-state index < -0.39 is 0 Å². The lowest BCUT2D eigenvalue weighted by Gasteiger charge is -2.21. The molecule has 2 N–H and O–H groups in total. The second-order valence-electron chi connectivity index (χ2n) is 6.76. The van der Waals surface area contributed by atoms with Crippen molar-refractivity contribution >= 4 is 5.91 Å². The van der Waals surface area contributed by atoms with Gasteiger partial charge in [0.05, 0.1) is 6.04 Å². The summed E-state index contributed by atoms with van der Waals surface area (Å²) in [6, 6.07) is 6.54. The van der Waals surface area contributed by atoms with Crippen LogP contribution >= 0.6 is 0 Å². The second-order valence-corrected chi connectivity index (χ2v) is 6.76. The average Bonchev–Trinajstić information content (AvgIpc) is 2.89. The Morgan fingerprint density at radius 1 is 1.40 bits per heavy atom. The van der Waals surface area contributed by atoms with Gasteiger partial charge in [-0.15, -0.1) is 0 Å². The summed E-state index contributed by atoms with van der Waals surface area (Å²) in [7, 11) is 0. The zero-order chi connectivity index (χ0) is 14.8. The fraction of sp³-hybridized carbons (Fsp3) is 0.588. The summed E-state index contributed by atoms with van der Waals surface area (Å²) >= 11 is 0. The quantitative estimate of drug-likeness (QED) is 0.889. The fourth-order valence-corrected chi connectivity index (χ4v) is 2.57. The molecule has 0 spiro atoms. The Bertz CT molecular complexity index is 482. The number of benzene rings is 1. The van der Waals surface area contributed by atoms with Crippen LogP contribution in [0.2, 0.25) is 0 Å². The van der Waals surface area contributed by atoms with Gasteiger partial charge in [0.15, 0.2) is 0 Å². The van der Waals surface area contributed by atoms with Crippen LogP contribution in [0.15, 0.2) is 18.2 Å². The van der Waals surface area contributed by atoms with Crippen LogP contribution in [-0.4, -0.2) is 18.5 Å². The maximum absolute atomic E-state index is 12.0. The molecule has 3 nitrogen and oxygen atoms in total. The molecule has 1 aromatic rings. The van der Waals surface area contributed by atoms with E-state index in [9.17, 15) is 4.79 Å². The Kier molecular flexibility index (Phi) is 4.48. The highest BCUT2D eigenvalue weighted by molar-refractivity contribution is 5.82. The number of carbonyl (C=O) groups is 1. The molecule has 1 aromatic carbocycles. The topological polar surface area (TPSA) is 41.1 Å². The van der Waals surface area contributed by atoms with E-state index in [1.807, 2.05) is 0 Å². The van der Waals surface area contributed by atoms with E-state index in [1.54, 1.807) is 0 Å². The van der Waals surface area contributed by atoms with E-state index in [0.29, 0.717) is 6.54 Å². The van der Waals surface area contributed by atoms with Gasteiger partial charge in [-0.05, 0) is 48.4 Å². The Balaban J connectivity index is 1.98. The number of carbonyl (C=O) groups excluding carboxylic acids is 1. The van der Waals surface area contributed by atoms with E-state index in [-0.39, 0.29) is 17.4 Å². The number of aryl methyl sites for hydroxylation is 1. The third-order valence-corrected chi connectivity index (χ3v) is 4.04. The zero-order valence-electron chi connectivity index (χ0n) is 13.0. The van der Waals surface area contributed by atoms with E-state index in [0.717, 1.165) is 19.4 Å². The highest BCUT2D eigenvalue weighted by atomic mass is 16.2. The van der Waals surface area contributed by atoms with E-state index >= 15 is 0 Å². The molecule has 1 aliphatic rings. The van der Waals surface area contributed by atoms with Crippen molar-refractivity contribution in [3.05, 3.63) is 34.9 Å². The summed E-state index contributed by atoms with van der Waals surface area (Å²) in [6.45, 7) is 10.3. The largest absolute Gasteiger partial charge is 0.351 e. The molecule has 3 heteroatoms. The Morgan fingerprint density at radius 3 is 2.70 bits per heavy atom. The third-order valence-electron chi connectivity index (χ3n) is 4.04. The summed E-state index contributed by atoms with van der Waals surface area (Å²) in [5.41, 5.74) is 3.95. The fourth-order valence-electron chi connectivity index (χ4n) is 2.57. The van der Waals surface area contributed by atoms with E-state index in [2.05, 4.69) is 56.5 Å². The molecule has 1 aliphatic heterocycles. The van der Waals surface area contributed by atoms with Crippen molar-refractivity contribution in [2.75, 3.05) is 6.54 Å². The van der Waals surface area contributed by atoms with Crippen LogP contribution in [0.1, 0.15) is 50.3 Å². The number of nitrogens with one attached hydrogen (secondary N) is 2. The first-order valence-electron chi connectivity index (χ1n) is 7.49. The van der Waals surface area contributed by atoms with Crippen molar-refractivity contribution in [2.24, 2.45) is 0 Å². The molecule has 1 unspecified atom stereocenters. The van der Waals surface area contributed by atoms with Gasteiger partial charge >= 0.3 is 0 Å². The first-order chi connectivity index (χ1) is 9.38. The summed E-state index contributed by atoms with van der Waals surface area (Å²) in [5, 5.41) is 6.26. The standard InChI is InChI=1S/C17H26N2O/c1-12-10-14(17(2,3)4)8-7-13(12)11-19-16(20)15-6-5-9-18-15/h7-8,10,15,18H,5-6,9,11H2,1-4H3,(H,19,20). The Hall–Kier alpha value is -1.35. The second kappa shape index (κ2) is 5.96. The molecule has 1 atom stereocenters. The van der Waals surface area contributed by atoms with Crippen LogP contribution in [0.25, 0.3) is 0 Å². The number of hydrogen-bond acceptors (Lipinski definition) is 2. The predicted octanol–water partition coefficient (Wildman–Crippen LogP) is 2.66. The molecule has 1 heterocycles. The number of amides is 1. The van der Waals surface area contributed by atoms with Gasteiger partial charge < -0.3 is 10.6 Å². The molecular weight excluding hydrogens is 248 g/mol. The van der Waals surface area contributed by atoms with Crippen LogP contribution in [-0.2, 0) is 16.8 Å². The lowest BCUT2D eigenvalue weighted by Crippen LogP contribution is -2.40. The molecule has 0 aromatic heterocycles. The van der Waals surface area contributed by atoms with Gasteiger partial charge in [0.25, 0.3) is 0 Å². The average molecular weight is 274 g/mol. The van der Waals surface area contributed by atoms with Crippen molar-refractivity contribution in [2.45, 2.75) is 58.5 Å². The number of rotatable bonds is 3. The first kappa shape index (κ1) is 15.0. The van der Waals surface area contributed by atoms with Gasteiger partial charge in [-0.25, -0.2) is 0 Å². The van der Waals surface area contributed by atoms with Crippen molar-refractivity contribution in [3.63, 3.8) is 0 Å². The normalized spacial score (nSPS) is 19.1.